The molecule has 2 aromatic rings. The van der Waals surface area contributed by atoms with Crippen LogP contribution in [0.15, 0.2) is 28.9 Å². The molecule has 1 aromatic carbocycles. The molecule has 1 aromatic heterocycles. The molecule has 0 atom stereocenters. The Labute approximate surface area is 140 Å². The smallest absolute Gasteiger partial charge is 0.304 e. The minimum Gasteiger partial charge on any atom is -0.481 e. The van der Waals surface area contributed by atoms with Gasteiger partial charge in [-0.15, -0.1) is 0 Å². The molecule has 2 rings (SSSR count). The molecule has 8 heteroatoms. The van der Waals surface area contributed by atoms with Crippen molar-refractivity contribution in [2.45, 2.75) is 6.42 Å². The maximum absolute atomic E-state index is 12.1. The number of fused-ring (bicyclic) bond motifs is 1. The van der Waals surface area contributed by atoms with Gasteiger partial charge >= 0.3 is 5.97 Å². The van der Waals surface area contributed by atoms with Crippen LogP contribution in [0.4, 0.5) is 0 Å². The van der Waals surface area contributed by atoms with Crippen molar-refractivity contribution in [2.75, 3.05) is 18.1 Å². The van der Waals surface area contributed by atoms with Crippen LogP contribution in [-0.2, 0) is 4.79 Å². The standard InChI is InChI=1S/C14H14ClNO4S2/c15-9-1-2-12-10(7-9)11(8-20-12)14(19)16-4-6-22-21-5-3-13(17)18/h1-2,7-8H,3-6H2,(H,16,19)(H,17,18). The van der Waals surface area contributed by atoms with E-state index in [1.165, 1.54) is 27.9 Å². The Kier molecular flexibility index (Phi) is 6.48. The third-order valence-electron chi connectivity index (χ3n) is 2.73. The Balaban J connectivity index is 1.77. The van der Waals surface area contributed by atoms with Crippen LogP contribution in [0.1, 0.15) is 16.8 Å². The van der Waals surface area contributed by atoms with E-state index >= 15 is 0 Å². The summed E-state index contributed by atoms with van der Waals surface area (Å²) in [4.78, 5) is 22.4. The average Bonchev–Trinajstić information content (AvgIpc) is 2.88. The summed E-state index contributed by atoms with van der Waals surface area (Å²) in [5, 5.41) is 12.5. The fraction of sp³-hybridized carbons (Fsp3) is 0.286. The zero-order valence-electron chi connectivity index (χ0n) is 11.5. The van der Waals surface area contributed by atoms with E-state index < -0.39 is 5.97 Å². The molecule has 22 heavy (non-hydrogen) atoms. The average molecular weight is 360 g/mol. The minimum atomic E-state index is -0.799. The van der Waals surface area contributed by atoms with E-state index in [2.05, 4.69) is 5.32 Å². The number of rotatable bonds is 8. The van der Waals surface area contributed by atoms with E-state index in [-0.39, 0.29) is 12.3 Å². The monoisotopic (exact) mass is 359 g/mol. The Morgan fingerprint density at radius 3 is 2.82 bits per heavy atom. The van der Waals surface area contributed by atoms with E-state index in [0.717, 1.165) is 0 Å². The second kappa shape index (κ2) is 8.36. The molecule has 1 amide bonds. The lowest BCUT2D eigenvalue weighted by atomic mass is 10.1. The quantitative estimate of drug-likeness (QED) is 0.553. The van der Waals surface area contributed by atoms with E-state index in [1.54, 1.807) is 18.2 Å². The van der Waals surface area contributed by atoms with Gasteiger partial charge in [-0.05, 0) is 18.2 Å². The Bertz CT molecular complexity index is 674. The van der Waals surface area contributed by atoms with Crippen LogP contribution in [-0.4, -0.2) is 35.0 Å². The number of hydrogen-bond donors (Lipinski definition) is 2. The van der Waals surface area contributed by atoms with Gasteiger partial charge in [0, 0.05) is 28.5 Å². The number of carbonyl (C=O) groups excluding carboxylic acids is 1. The predicted octanol–water partition coefficient (Wildman–Crippen LogP) is 3.67. The normalized spacial score (nSPS) is 10.8. The van der Waals surface area contributed by atoms with E-state index in [1.807, 2.05) is 0 Å². The van der Waals surface area contributed by atoms with Crippen molar-refractivity contribution >= 4 is 56.0 Å². The van der Waals surface area contributed by atoms with Crippen molar-refractivity contribution in [3.63, 3.8) is 0 Å². The van der Waals surface area contributed by atoms with Crippen molar-refractivity contribution in [3.8, 4) is 0 Å². The molecule has 5 nitrogen and oxygen atoms in total. The van der Waals surface area contributed by atoms with Crippen molar-refractivity contribution in [1.82, 2.24) is 5.32 Å². The summed E-state index contributed by atoms with van der Waals surface area (Å²) >= 11 is 5.93. The third kappa shape index (κ3) is 4.86. The van der Waals surface area contributed by atoms with E-state index in [0.29, 0.717) is 39.6 Å². The molecular weight excluding hydrogens is 346 g/mol. The van der Waals surface area contributed by atoms with Crippen molar-refractivity contribution in [1.29, 1.82) is 0 Å². The summed E-state index contributed by atoms with van der Waals surface area (Å²) in [7, 11) is 3.02. The first kappa shape index (κ1) is 17.1. The molecule has 118 valence electrons. The van der Waals surface area contributed by atoms with Crippen LogP contribution in [0.3, 0.4) is 0 Å². The van der Waals surface area contributed by atoms with Crippen LogP contribution >= 0.6 is 33.2 Å². The van der Waals surface area contributed by atoms with Crippen LogP contribution in [0.2, 0.25) is 5.02 Å². The predicted molar refractivity (Wildman–Crippen MR) is 90.7 cm³/mol. The van der Waals surface area contributed by atoms with Gasteiger partial charge in [0.15, 0.2) is 0 Å². The number of carbonyl (C=O) groups is 2. The summed E-state index contributed by atoms with van der Waals surface area (Å²) in [5.74, 6) is 0.245. The van der Waals surface area contributed by atoms with E-state index in [4.69, 9.17) is 21.1 Å². The van der Waals surface area contributed by atoms with Gasteiger partial charge in [0.1, 0.15) is 11.8 Å². The molecule has 0 bridgehead atoms. The highest BCUT2D eigenvalue weighted by molar-refractivity contribution is 8.76. The SMILES string of the molecule is O=C(O)CCSSCCNC(=O)c1coc2ccc(Cl)cc12. The fourth-order valence-corrected chi connectivity index (χ4v) is 3.78. The zero-order valence-corrected chi connectivity index (χ0v) is 13.9. The van der Waals surface area contributed by atoms with Gasteiger partial charge in [0.05, 0.1) is 12.0 Å². The van der Waals surface area contributed by atoms with Gasteiger partial charge in [-0.1, -0.05) is 33.2 Å². The van der Waals surface area contributed by atoms with Crippen molar-refractivity contribution < 1.29 is 19.1 Å². The number of halogens is 1. The number of carboxylic acid groups (broad SMARTS) is 1. The summed E-state index contributed by atoms with van der Waals surface area (Å²) in [6.45, 7) is 0.497. The lowest BCUT2D eigenvalue weighted by molar-refractivity contribution is -0.136. The number of hydrogen-bond acceptors (Lipinski definition) is 5. The number of carboxylic acids is 1. The lowest BCUT2D eigenvalue weighted by Crippen LogP contribution is -2.25. The molecule has 0 fully saturated rings. The molecule has 0 spiro atoms. The van der Waals surface area contributed by atoms with Gasteiger partial charge in [-0.3, -0.25) is 9.59 Å². The van der Waals surface area contributed by atoms with Crippen molar-refractivity contribution in [3.05, 3.63) is 35.0 Å². The summed E-state index contributed by atoms with van der Waals surface area (Å²) in [6, 6.07) is 5.13. The number of nitrogens with one attached hydrogen (secondary N) is 1. The molecule has 0 aliphatic carbocycles. The van der Waals surface area contributed by atoms with Crippen LogP contribution in [0.25, 0.3) is 11.0 Å². The van der Waals surface area contributed by atoms with Crippen LogP contribution < -0.4 is 5.32 Å². The Hall–Kier alpha value is -1.31. The van der Waals surface area contributed by atoms with Gasteiger partial charge in [0.2, 0.25) is 0 Å². The summed E-state index contributed by atoms with van der Waals surface area (Å²) < 4.78 is 5.32. The van der Waals surface area contributed by atoms with Crippen LogP contribution in [0, 0.1) is 0 Å². The zero-order chi connectivity index (χ0) is 15.9. The molecule has 0 aliphatic rings. The molecule has 0 radical (unpaired) electrons. The Morgan fingerprint density at radius 2 is 2.05 bits per heavy atom. The van der Waals surface area contributed by atoms with Gasteiger partial charge in [-0.25, -0.2) is 0 Å². The first-order valence-electron chi connectivity index (χ1n) is 6.49. The molecule has 1 heterocycles. The molecular formula is C14H14ClNO4S2. The minimum absolute atomic E-state index is 0.145. The molecule has 0 saturated carbocycles. The second-order valence-electron chi connectivity index (χ2n) is 4.33. The highest BCUT2D eigenvalue weighted by Gasteiger charge is 2.13. The lowest BCUT2D eigenvalue weighted by Gasteiger charge is -2.03. The number of benzene rings is 1. The number of aliphatic carboxylic acids is 1. The second-order valence-corrected chi connectivity index (χ2v) is 7.47. The molecule has 0 aliphatic heterocycles. The first-order chi connectivity index (χ1) is 10.6. The topological polar surface area (TPSA) is 79.5 Å². The largest absolute Gasteiger partial charge is 0.481 e. The van der Waals surface area contributed by atoms with Crippen LogP contribution in [0.5, 0.6) is 0 Å². The third-order valence-corrected chi connectivity index (χ3v) is 5.38. The highest BCUT2D eigenvalue weighted by Crippen LogP contribution is 2.25. The summed E-state index contributed by atoms with van der Waals surface area (Å²) in [6.07, 6.45) is 1.57. The van der Waals surface area contributed by atoms with Gasteiger partial charge in [-0.2, -0.15) is 0 Å². The first-order valence-corrected chi connectivity index (χ1v) is 9.35. The highest BCUT2D eigenvalue weighted by atomic mass is 35.5. The number of furan rings is 1. The van der Waals surface area contributed by atoms with Crippen molar-refractivity contribution in [2.24, 2.45) is 0 Å². The van der Waals surface area contributed by atoms with E-state index in [9.17, 15) is 9.59 Å². The molecule has 0 unspecified atom stereocenters. The molecule has 2 N–H and O–H groups in total. The van der Waals surface area contributed by atoms with Gasteiger partial charge in [0.25, 0.3) is 5.91 Å². The van der Waals surface area contributed by atoms with Gasteiger partial charge < -0.3 is 14.8 Å². The number of amides is 1. The maximum atomic E-state index is 12.1. The Morgan fingerprint density at radius 1 is 1.27 bits per heavy atom. The maximum Gasteiger partial charge on any atom is 0.304 e. The molecule has 0 saturated heterocycles. The fourth-order valence-electron chi connectivity index (χ4n) is 1.73. The summed E-state index contributed by atoms with van der Waals surface area (Å²) in [5.41, 5.74) is 1.08.